The predicted octanol–water partition coefficient (Wildman–Crippen LogP) is 4.62. The molecule has 0 amide bonds. The van der Waals surface area contributed by atoms with E-state index in [1.165, 1.54) is 7.11 Å². The molecule has 0 saturated heterocycles. The van der Waals surface area contributed by atoms with Gasteiger partial charge in [-0.25, -0.2) is 4.79 Å². The monoisotopic (exact) mass is 341 g/mol. The zero-order chi connectivity index (χ0) is 15.2. The van der Waals surface area contributed by atoms with Crippen LogP contribution in [0.3, 0.4) is 0 Å². The van der Waals surface area contributed by atoms with Crippen LogP contribution in [0.4, 0.5) is 5.69 Å². The zero-order valence-corrected chi connectivity index (χ0v) is 14.3. The van der Waals surface area contributed by atoms with Gasteiger partial charge in [-0.2, -0.15) is 0 Å². The topological polar surface area (TPSA) is 38.3 Å². The molecule has 0 saturated carbocycles. The van der Waals surface area contributed by atoms with Crippen molar-refractivity contribution in [2.24, 2.45) is 5.92 Å². The van der Waals surface area contributed by atoms with Gasteiger partial charge in [0, 0.05) is 10.2 Å². The van der Waals surface area contributed by atoms with Gasteiger partial charge in [-0.1, -0.05) is 39.3 Å². The highest BCUT2D eigenvalue weighted by atomic mass is 79.9. The molecule has 0 bridgehead atoms. The summed E-state index contributed by atoms with van der Waals surface area (Å²) >= 11 is 3.52. The Morgan fingerprint density at radius 1 is 1.40 bits per heavy atom. The summed E-state index contributed by atoms with van der Waals surface area (Å²) in [6.07, 6.45) is 2.48. The number of ether oxygens (including phenoxy) is 1. The molecule has 2 unspecified atom stereocenters. The zero-order valence-electron chi connectivity index (χ0n) is 12.7. The molecule has 112 valence electrons. The maximum absolute atomic E-state index is 12.3. The molecule has 0 spiro atoms. The van der Waals surface area contributed by atoms with Crippen LogP contribution in [-0.4, -0.2) is 18.6 Å². The Balaban J connectivity index is 3.09. The first-order valence-electron chi connectivity index (χ1n) is 7.10. The molecule has 3 nitrogen and oxygen atoms in total. The summed E-state index contributed by atoms with van der Waals surface area (Å²) in [5.74, 6) is 0.250. The van der Waals surface area contributed by atoms with Gasteiger partial charge >= 0.3 is 5.97 Å². The van der Waals surface area contributed by atoms with Crippen LogP contribution < -0.4 is 5.32 Å². The van der Waals surface area contributed by atoms with Gasteiger partial charge < -0.3 is 10.1 Å². The Morgan fingerprint density at radius 2 is 2.05 bits per heavy atom. The summed E-state index contributed by atoms with van der Waals surface area (Å²) in [5.41, 5.74) is 0.247. The maximum Gasteiger partial charge on any atom is 0.331 e. The maximum atomic E-state index is 12.3. The minimum atomic E-state index is -0.673. The van der Waals surface area contributed by atoms with Crippen molar-refractivity contribution < 1.29 is 9.53 Å². The summed E-state index contributed by atoms with van der Waals surface area (Å²) in [6.45, 7) is 6.32. The number of esters is 1. The molecule has 1 N–H and O–H groups in total. The van der Waals surface area contributed by atoms with E-state index >= 15 is 0 Å². The number of hydrogen-bond acceptors (Lipinski definition) is 3. The third kappa shape index (κ3) is 3.98. The van der Waals surface area contributed by atoms with Crippen LogP contribution in [-0.2, 0) is 9.53 Å². The Hall–Kier alpha value is -1.03. The molecule has 0 fully saturated rings. The van der Waals surface area contributed by atoms with Gasteiger partial charge in [-0.3, -0.25) is 0 Å². The number of hydrogen-bond donors (Lipinski definition) is 1. The van der Waals surface area contributed by atoms with Crippen LogP contribution in [0.25, 0.3) is 0 Å². The molecule has 2 atom stereocenters. The molecule has 0 aromatic heterocycles. The Bertz CT molecular complexity index is 450. The van der Waals surface area contributed by atoms with E-state index in [9.17, 15) is 4.79 Å². The van der Waals surface area contributed by atoms with Crippen LogP contribution in [0, 0.1) is 5.92 Å². The SMILES string of the molecule is CCC(C)CC(CC)(Nc1ccccc1Br)C(=O)OC. The van der Waals surface area contributed by atoms with Gasteiger partial charge in [-0.15, -0.1) is 0 Å². The average Bonchev–Trinajstić information content (AvgIpc) is 2.47. The van der Waals surface area contributed by atoms with Crippen molar-refractivity contribution >= 4 is 27.6 Å². The van der Waals surface area contributed by atoms with Crippen molar-refractivity contribution in [3.63, 3.8) is 0 Å². The number of methoxy groups -OCH3 is 1. The lowest BCUT2D eigenvalue weighted by molar-refractivity contribution is -0.146. The first-order valence-corrected chi connectivity index (χ1v) is 7.89. The number of carbonyl (C=O) groups is 1. The smallest absolute Gasteiger partial charge is 0.331 e. The summed E-state index contributed by atoms with van der Waals surface area (Å²) < 4.78 is 6.00. The van der Waals surface area contributed by atoms with Crippen molar-refractivity contribution in [3.05, 3.63) is 28.7 Å². The highest BCUT2D eigenvalue weighted by Crippen LogP contribution is 2.32. The van der Waals surface area contributed by atoms with Gasteiger partial charge in [-0.05, 0) is 46.8 Å². The predicted molar refractivity (Wildman–Crippen MR) is 86.9 cm³/mol. The van der Waals surface area contributed by atoms with Crippen LogP contribution in [0.2, 0.25) is 0 Å². The van der Waals surface area contributed by atoms with E-state index in [0.717, 1.165) is 23.0 Å². The molecule has 1 aromatic rings. The normalized spacial score (nSPS) is 15.2. The van der Waals surface area contributed by atoms with Crippen LogP contribution >= 0.6 is 15.9 Å². The highest BCUT2D eigenvalue weighted by Gasteiger charge is 2.39. The summed E-state index contributed by atoms with van der Waals surface area (Å²) in [5, 5.41) is 3.40. The largest absolute Gasteiger partial charge is 0.467 e. The van der Waals surface area contributed by atoms with Crippen LogP contribution in [0.5, 0.6) is 0 Å². The van der Waals surface area contributed by atoms with Gasteiger partial charge in [0.15, 0.2) is 0 Å². The molecule has 0 aliphatic heterocycles. The second-order valence-electron chi connectivity index (χ2n) is 5.25. The van der Waals surface area contributed by atoms with E-state index in [2.05, 4.69) is 35.1 Å². The standard InChI is InChI=1S/C16H24BrNO2/c1-5-12(3)11-16(6-2,15(19)20-4)18-14-10-8-7-9-13(14)17/h7-10,12,18H,5-6,11H2,1-4H3. The van der Waals surface area contributed by atoms with Crippen LogP contribution in [0.15, 0.2) is 28.7 Å². The van der Waals surface area contributed by atoms with Gasteiger partial charge in [0.25, 0.3) is 0 Å². The van der Waals surface area contributed by atoms with Crippen molar-refractivity contribution in [1.82, 2.24) is 0 Å². The lowest BCUT2D eigenvalue weighted by Gasteiger charge is -2.34. The molecule has 20 heavy (non-hydrogen) atoms. The fraction of sp³-hybridized carbons (Fsp3) is 0.562. The van der Waals surface area contributed by atoms with Crippen LogP contribution in [0.1, 0.15) is 40.0 Å². The van der Waals surface area contributed by atoms with E-state index in [4.69, 9.17) is 4.74 Å². The van der Waals surface area contributed by atoms with E-state index in [0.29, 0.717) is 12.3 Å². The average molecular weight is 342 g/mol. The van der Waals surface area contributed by atoms with Crippen molar-refractivity contribution in [1.29, 1.82) is 0 Å². The molecule has 1 aromatic carbocycles. The molecule has 0 aliphatic rings. The molecule has 0 heterocycles. The first kappa shape index (κ1) is 17.0. The molecule has 0 aliphatic carbocycles. The number of para-hydroxylation sites is 1. The Kier molecular flexibility index (Phi) is 6.53. The van der Waals surface area contributed by atoms with Crippen molar-refractivity contribution in [2.75, 3.05) is 12.4 Å². The lowest BCUT2D eigenvalue weighted by Crippen LogP contribution is -2.48. The number of nitrogens with one attached hydrogen (secondary N) is 1. The minimum absolute atomic E-state index is 0.198. The Labute approximate surface area is 130 Å². The number of carbonyl (C=O) groups excluding carboxylic acids is 1. The fourth-order valence-electron chi connectivity index (χ4n) is 2.32. The molecule has 1 rings (SSSR count). The second-order valence-corrected chi connectivity index (χ2v) is 6.10. The number of benzene rings is 1. The molecular weight excluding hydrogens is 318 g/mol. The minimum Gasteiger partial charge on any atom is -0.467 e. The summed E-state index contributed by atoms with van der Waals surface area (Å²) in [7, 11) is 1.45. The van der Waals surface area contributed by atoms with E-state index < -0.39 is 5.54 Å². The van der Waals surface area contributed by atoms with Gasteiger partial charge in [0.05, 0.1) is 7.11 Å². The summed E-state index contributed by atoms with van der Waals surface area (Å²) in [4.78, 5) is 12.3. The Morgan fingerprint density at radius 3 is 2.55 bits per heavy atom. The number of anilines is 1. The number of halogens is 1. The van der Waals surface area contributed by atoms with E-state index in [-0.39, 0.29) is 5.97 Å². The third-order valence-corrected chi connectivity index (χ3v) is 4.51. The van der Waals surface area contributed by atoms with E-state index in [1.807, 2.05) is 31.2 Å². The van der Waals surface area contributed by atoms with Crippen molar-refractivity contribution in [3.8, 4) is 0 Å². The van der Waals surface area contributed by atoms with Crippen molar-refractivity contribution in [2.45, 2.75) is 45.6 Å². The summed E-state index contributed by atoms with van der Waals surface area (Å²) in [6, 6.07) is 7.83. The van der Waals surface area contributed by atoms with Gasteiger partial charge in [0.2, 0.25) is 0 Å². The quantitative estimate of drug-likeness (QED) is 0.735. The fourth-order valence-corrected chi connectivity index (χ4v) is 2.70. The highest BCUT2D eigenvalue weighted by molar-refractivity contribution is 9.10. The lowest BCUT2D eigenvalue weighted by atomic mass is 9.84. The second kappa shape index (κ2) is 7.67. The molecule has 4 heteroatoms. The first-order chi connectivity index (χ1) is 9.49. The molecular formula is C16H24BrNO2. The molecule has 0 radical (unpaired) electrons. The van der Waals surface area contributed by atoms with Gasteiger partial charge in [0.1, 0.15) is 5.54 Å². The number of rotatable bonds is 7. The third-order valence-electron chi connectivity index (χ3n) is 3.82. The van der Waals surface area contributed by atoms with E-state index in [1.54, 1.807) is 0 Å².